The molecule has 3 amide bonds. The summed E-state index contributed by atoms with van der Waals surface area (Å²) in [7, 11) is 1.48. The summed E-state index contributed by atoms with van der Waals surface area (Å²) in [5.74, 6) is -2.17. The average molecular weight is 254 g/mol. The lowest BCUT2D eigenvalue weighted by atomic mass is 10.2. The normalized spacial score (nSPS) is 19.9. The third-order valence-electron chi connectivity index (χ3n) is 3.00. The minimum Gasteiger partial charge on any atom is -0.315 e. The molecule has 2 rings (SSSR count). The summed E-state index contributed by atoms with van der Waals surface area (Å²) >= 11 is 0. The van der Waals surface area contributed by atoms with Gasteiger partial charge in [0.25, 0.3) is 5.91 Å². The second-order valence-electron chi connectivity index (χ2n) is 4.09. The number of hydrogen-bond acceptors (Lipinski definition) is 2. The summed E-state index contributed by atoms with van der Waals surface area (Å²) in [5, 5.41) is 0. The number of likely N-dealkylation sites (N-methyl/N-ethyl adjacent to an activating group) is 1. The molecule has 0 N–H and O–H groups in total. The molecule has 0 bridgehead atoms. The maximum atomic E-state index is 13.6. The van der Waals surface area contributed by atoms with Crippen LogP contribution in [0.15, 0.2) is 18.2 Å². The van der Waals surface area contributed by atoms with Gasteiger partial charge in [0, 0.05) is 13.1 Å². The summed E-state index contributed by atoms with van der Waals surface area (Å²) < 4.78 is 26.4. The zero-order valence-electron chi connectivity index (χ0n) is 9.98. The van der Waals surface area contributed by atoms with Crippen molar-refractivity contribution in [3.63, 3.8) is 0 Å². The molecular weight excluding hydrogens is 242 g/mol. The quantitative estimate of drug-likeness (QED) is 0.759. The first-order valence-electron chi connectivity index (χ1n) is 5.53. The fourth-order valence-electron chi connectivity index (χ4n) is 2.03. The van der Waals surface area contributed by atoms with E-state index in [0.29, 0.717) is 12.5 Å². The van der Waals surface area contributed by atoms with Gasteiger partial charge in [0.15, 0.2) is 0 Å². The number of benzene rings is 1. The van der Waals surface area contributed by atoms with Crippen LogP contribution in [0.5, 0.6) is 0 Å². The highest BCUT2D eigenvalue weighted by atomic mass is 19.1. The molecule has 1 unspecified atom stereocenters. The first kappa shape index (κ1) is 12.5. The first-order chi connectivity index (χ1) is 8.47. The fraction of sp³-hybridized carbons (Fsp3) is 0.333. The Bertz CT molecular complexity index is 519. The molecule has 96 valence electrons. The van der Waals surface area contributed by atoms with Crippen molar-refractivity contribution < 1.29 is 18.4 Å². The summed E-state index contributed by atoms with van der Waals surface area (Å²) in [6.45, 7) is 1.76. The number of carbonyl (C=O) groups excluding carboxylic acids is 2. The van der Waals surface area contributed by atoms with Crippen LogP contribution in [0.2, 0.25) is 0 Å². The number of imide groups is 1. The number of hydrogen-bond donors (Lipinski definition) is 0. The minimum atomic E-state index is -0.929. The molecule has 0 spiro atoms. The molecule has 0 aliphatic carbocycles. The van der Waals surface area contributed by atoms with Gasteiger partial charge in [-0.05, 0) is 18.6 Å². The number of anilines is 1. The molecule has 1 atom stereocenters. The molecule has 1 aromatic rings. The molecule has 1 heterocycles. The number of nitrogens with zero attached hydrogens (tertiary/aromatic N) is 2. The third-order valence-corrected chi connectivity index (χ3v) is 3.00. The monoisotopic (exact) mass is 254 g/mol. The van der Waals surface area contributed by atoms with E-state index < -0.39 is 29.6 Å². The van der Waals surface area contributed by atoms with E-state index in [2.05, 4.69) is 0 Å². The Morgan fingerprint density at radius 2 is 1.94 bits per heavy atom. The second-order valence-corrected chi connectivity index (χ2v) is 4.09. The highest BCUT2D eigenvalue weighted by molar-refractivity contribution is 6.21. The second kappa shape index (κ2) is 4.36. The van der Waals surface area contributed by atoms with Crippen LogP contribution in [-0.2, 0) is 4.79 Å². The Morgan fingerprint density at radius 1 is 1.28 bits per heavy atom. The van der Waals surface area contributed by atoms with Crippen molar-refractivity contribution in [3.05, 3.63) is 29.8 Å². The van der Waals surface area contributed by atoms with E-state index in [4.69, 9.17) is 0 Å². The van der Waals surface area contributed by atoms with E-state index in [-0.39, 0.29) is 5.69 Å². The Kier molecular flexibility index (Phi) is 3.02. The van der Waals surface area contributed by atoms with Gasteiger partial charge in [-0.25, -0.2) is 18.5 Å². The Labute approximate surface area is 103 Å². The minimum absolute atomic E-state index is 0.214. The first-order valence-corrected chi connectivity index (χ1v) is 5.53. The molecule has 1 aliphatic heterocycles. The molecule has 1 aromatic carbocycles. The van der Waals surface area contributed by atoms with E-state index in [1.54, 1.807) is 6.92 Å². The van der Waals surface area contributed by atoms with Gasteiger partial charge in [-0.3, -0.25) is 4.79 Å². The number of rotatable bonds is 2. The number of amides is 3. The molecule has 1 aliphatic rings. The molecule has 0 saturated carbocycles. The van der Waals surface area contributed by atoms with Gasteiger partial charge in [-0.2, -0.15) is 0 Å². The predicted molar refractivity (Wildman–Crippen MR) is 61.1 cm³/mol. The van der Waals surface area contributed by atoms with Gasteiger partial charge >= 0.3 is 6.03 Å². The lowest BCUT2D eigenvalue weighted by Crippen LogP contribution is -2.32. The zero-order chi connectivity index (χ0) is 13.4. The largest absolute Gasteiger partial charge is 0.331 e. The maximum absolute atomic E-state index is 13.6. The van der Waals surface area contributed by atoms with Gasteiger partial charge in [-0.15, -0.1) is 0 Å². The van der Waals surface area contributed by atoms with Crippen molar-refractivity contribution in [2.45, 2.75) is 19.4 Å². The predicted octanol–water partition coefficient (Wildman–Crippen LogP) is 2.14. The number of carbonyl (C=O) groups is 2. The maximum Gasteiger partial charge on any atom is 0.331 e. The van der Waals surface area contributed by atoms with Gasteiger partial charge in [0.05, 0.1) is 5.69 Å². The van der Waals surface area contributed by atoms with Gasteiger partial charge in [0.1, 0.15) is 17.7 Å². The Hall–Kier alpha value is -1.98. The summed E-state index contributed by atoms with van der Waals surface area (Å²) in [5.41, 5.74) is -0.214. The molecule has 0 aromatic heterocycles. The van der Waals surface area contributed by atoms with E-state index in [1.165, 1.54) is 11.9 Å². The summed E-state index contributed by atoms with van der Waals surface area (Å²) in [6.07, 6.45) is 0.445. The van der Waals surface area contributed by atoms with Crippen molar-refractivity contribution >= 4 is 17.6 Å². The van der Waals surface area contributed by atoms with Crippen LogP contribution in [0.4, 0.5) is 19.3 Å². The Balaban J connectivity index is 2.45. The summed E-state index contributed by atoms with van der Waals surface area (Å²) in [4.78, 5) is 25.9. The van der Waals surface area contributed by atoms with Crippen molar-refractivity contribution in [1.82, 2.24) is 4.90 Å². The van der Waals surface area contributed by atoms with Crippen LogP contribution >= 0.6 is 0 Å². The SMILES string of the molecule is CCC1C(=O)N(c2ccc(F)cc2F)C(=O)N1C. The standard InChI is InChI=1S/C12H12F2N2O2/c1-3-9-11(17)16(12(18)15(9)2)10-5-4-7(13)6-8(10)14/h4-6,9H,3H2,1-2H3. The molecule has 18 heavy (non-hydrogen) atoms. The van der Waals surface area contributed by atoms with Crippen LogP contribution in [0.25, 0.3) is 0 Å². The van der Waals surface area contributed by atoms with Crippen molar-refractivity contribution in [1.29, 1.82) is 0 Å². The van der Waals surface area contributed by atoms with Crippen LogP contribution in [-0.4, -0.2) is 29.9 Å². The lowest BCUT2D eigenvalue weighted by molar-refractivity contribution is -0.119. The fourth-order valence-corrected chi connectivity index (χ4v) is 2.03. The highest BCUT2D eigenvalue weighted by Gasteiger charge is 2.43. The highest BCUT2D eigenvalue weighted by Crippen LogP contribution is 2.28. The average Bonchev–Trinajstić information content (AvgIpc) is 2.52. The number of halogens is 2. The molecule has 6 heteroatoms. The van der Waals surface area contributed by atoms with E-state index >= 15 is 0 Å². The van der Waals surface area contributed by atoms with Crippen molar-refractivity contribution in [2.75, 3.05) is 11.9 Å². The number of urea groups is 1. The lowest BCUT2D eigenvalue weighted by Gasteiger charge is -2.14. The van der Waals surface area contributed by atoms with E-state index in [1.807, 2.05) is 0 Å². The van der Waals surface area contributed by atoms with Crippen LogP contribution in [0.3, 0.4) is 0 Å². The molecular formula is C12H12F2N2O2. The smallest absolute Gasteiger partial charge is 0.315 e. The Morgan fingerprint density at radius 3 is 2.44 bits per heavy atom. The van der Waals surface area contributed by atoms with Gasteiger partial charge < -0.3 is 4.90 Å². The summed E-state index contributed by atoms with van der Waals surface area (Å²) in [6, 6.07) is 1.55. The van der Waals surface area contributed by atoms with Crippen molar-refractivity contribution in [2.24, 2.45) is 0 Å². The van der Waals surface area contributed by atoms with Crippen LogP contribution in [0.1, 0.15) is 13.3 Å². The van der Waals surface area contributed by atoms with Gasteiger partial charge in [-0.1, -0.05) is 6.92 Å². The van der Waals surface area contributed by atoms with Crippen LogP contribution < -0.4 is 4.90 Å². The zero-order valence-corrected chi connectivity index (χ0v) is 9.98. The topological polar surface area (TPSA) is 40.6 Å². The van der Waals surface area contributed by atoms with Gasteiger partial charge in [0.2, 0.25) is 0 Å². The molecule has 1 saturated heterocycles. The van der Waals surface area contributed by atoms with Crippen LogP contribution in [0, 0.1) is 11.6 Å². The van der Waals surface area contributed by atoms with E-state index in [0.717, 1.165) is 17.0 Å². The molecule has 1 fully saturated rings. The molecule has 4 nitrogen and oxygen atoms in total. The van der Waals surface area contributed by atoms with E-state index in [9.17, 15) is 18.4 Å². The van der Waals surface area contributed by atoms with Crippen molar-refractivity contribution in [3.8, 4) is 0 Å². The third kappa shape index (κ3) is 1.73. The molecule has 0 radical (unpaired) electrons.